The maximum atomic E-state index is 12.7. The molecule has 0 saturated heterocycles. The molecule has 27 heavy (non-hydrogen) atoms. The molecule has 1 amide bonds. The van der Waals surface area contributed by atoms with Crippen molar-refractivity contribution in [1.29, 1.82) is 0 Å². The van der Waals surface area contributed by atoms with Crippen molar-refractivity contribution >= 4 is 27.3 Å². The molecule has 2 aromatic rings. The van der Waals surface area contributed by atoms with Crippen LogP contribution in [0.2, 0.25) is 0 Å². The Morgan fingerprint density at radius 3 is 2.52 bits per heavy atom. The molecule has 0 bridgehead atoms. The first-order valence-electron chi connectivity index (χ1n) is 7.62. The summed E-state index contributed by atoms with van der Waals surface area (Å²) in [4.78, 5) is 11.6. The van der Waals surface area contributed by atoms with Gasteiger partial charge in [0.25, 0.3) is 10.0 Å². The van der Waals surface area contributed by atoms with Gasteiger partial charge in [-0.25, -0.2) is 8.42 Å². The summed E-state index contributed by atoms with van der Waals surface area (Å²) < 4.78 is 67.8. The summed E-state index contributed by atoms with van der Waals surface area (Å²) in [6.07, 6.45) is -4.88. The van der Waals surface area contributed by atoms with Gasteiger partial charge in [-0.2, -0.15) is 4.31 Å². The van der Waals surface area contributed by atoms with Gasteiger partial charge in [0.2, 0.25) is 5.91 Å². The lowest BCUT2D eigenvalue weighted by atomic mass is 10.2. The van der Waals surface area contributed by atoms with Crippen molar-refractivity contribution in [3.05, 3.63) is 46.8 Å². The van der Waals surface area contributed by atoms with E-state index < -0.39 is 22.1 Å². The van der Waals surface area contributed by atoms with E-state index in [4.69, 9.17) is 0 Å². The second-order valence-electron chi connectivity index (χ2n) is 5.55. The molecule has 0 aliphatic rings. The number of alkyl halides is 3. The summed E-state index contributed by atoms with van der Waals surface area (Å²) in [6, 6.07) is 8.32. The molecule has 1 heterocycles. The van der Waals surface area contributed by atoms with Crippen LogP contribution in [0.25, 0.3) is 0 Å². The molecule has 0 fully saturated rings. The van der Waals surface area contributed by atoms with Crippen molar-refractivity contribution in [2.75, 3.05) is 7.05 Å². The molecule has 0 atom stereocenters. The second kappa shape index (κ2) is 8.28. The summed E-state index contributed by atoms with van der Waals surface area (Å²) in [6.45, 7) is 1.24. The molecule has 0 aliphatic heterocycles. The molecular weight excluding hydrogens is 405 g/mol. The van der Waals surface area contributed by atoms with Crippen LogP contribution in [-0.4, -0.2) is 32.0 Å². The van der Waals surface area contributed by atoms with Crippen LogP contribution >= 0.6 is 11.3 Å². The monoisotopic (exact) mass is 422 g/mol. The number of carbonyl (C=O) groups excluding carboxylic acids is 1. The number of carbonyl (C=O) groups is 1. The van der Waals surface area contributed by atoms with E-state index in [0.29, 0.717) is 4.88 Å². The van der Waals surface area contributed by atoms with Crippen LogP contribution < -0.4 is 10.1 Å². The summed E-state index contributed by atoms with van der Waals surface area (Å²) in [5.74, 6) is -0.698. The van der Waals surface area contributed by atoms with E-state index in [0.717, 1.165) is 21.7 Å². The van der Waals surface area contributed by atoms with Gasteiger partial charge in [0.05, 0.1) is 6.54 Å². The Kier molecular flexibility index (Phi) is 6.50. The molecule has 0 saturated carbocycles. The predicted octanol–water partition coefficient (Wildman–Crippen LogP) is 3.10. The van der Waals surface area contributed by atoms with Gasteiger partial charge in [-0.15, -0.1) is 24.5 Å². The number of amides is 1. The molecule has 0 aliphatic carbocycles. The standard InChI is InChI=1S/C16H17F3N2O4S2/c1-11(22)20-9-13-7-8-15(26-13)27(23,24)21(2)10-12-5-3-4-6-14(12)25-16(17,18)19/h3-8H,9-10H2,1-2H3,(H,20,22). The van der Waals surface area contributed by atoms with E-state index in [-0.39, 0.29) is 28.8 Å². The lowest BCUT2D eigenvalue weighted by molar-refractivity contribution is -0.274. The normalized spacial score (nSPS) is 12.2. The van der Waals surface area contributed by atoms with Gasteiger partial charge >= 0.3 is 6.36 Å². The number of thiophene rings is 1. The van der Waals surface area contributed by atoms with Crippen molar-refractivity contribution < 1.29 is 31.1 Å². The van der Waals surface area contributed by atoms with Gasteiger partial charge < -0.3 is 10.1 Å². The first kappa shape index (κ1) is 21.2. The summed E-state index contributed by atoms with van der Waals surface area (Å²) in [5.41, 5.74) is 0.0796. The number of para-hydroxylation sites is 1. The Bertz CT molecular complexity index is 910. The highest BCUT2D eigenvalue weighted by atomic mass is 32.2. The van der Waals surface area contributed by atoms with E-state index in [1.54, 1.807) is 6.07 Å². The van der Waals surface area contributed by atoms with Crippen molar-refractivity contribution in [1.82, 2.24) is 9.62 Å². The van der Waals surface area contributed by atoms with Crippen LogP contribution in [0.3, 0.4) is 0 Å². The Morgan fingerprint density at radius 2 is 1.89 bits per heavy atom. The van der Waals surface area contributed by atoms with Crippen molar-refractivity contribution in [3.63, 3.8) is 0 Å². The van der Waals surface area contributed by atoms with E-state index in [9.17, 15) is 26.4 Å². The highest BCUT2D eigenvalue weighted by Crippen LogP contribution is 2.29. The quantitative estimate of drug-likeness (QED) is 0.744. The molecule has 1 N–H and O–H groups in total. The van der Waals surface area contributed by atoms with Crippen molar-refractivity contribution in [2.24, 2.45) is 0 Å². The smallest absolute Gasteiger partial charge is 0.405 e. The number of ether oxygens (including phenoxy) is 1. The maximum absolute atomic E-state index is 12.7. The maximum Gasteiger partial charge on any atom is 0.573 e. The molecule has 1 aromatic carbocycles. The minimum absolute atomic E-state index is 0.0274. The molecule has 1 aromatic heterocycles. The summed E-state index contributed by atoms with van der Waals surface area (Å²) >= 11 is 0.979. The number of hydrogen-bond acceptors (Lipinski definition) is 5. The first-order chi connectivity index (χ1) is 12.5. The number of benzene rings is 1. The highest BCUT2D eigenvalue weighted by Gasteiger charge is 2.32. The number of rotatable bonds is 7. The van der Waals surface area contributed by atoms with Crippen LogP contribution in [-0.2, 0) is 27.9 Å². The first-order valence-corrected chi connectivity index (χ1v) is 9.88. The van der Waals surface area contributed by atoms with Crippen molar-refractivity contribution in [3.8, 4) is 5.75 Å². The lowest BCUT2D eigenvalue weighted by Crippen LogP contribution is -2.26. The van der Waals surface area contributed by atoms with Gasteiger partial charge in [0, 0.05) is 31.0 Å². The lowest BCUT2D eigenvalue weighted by Gasteiger charge is -2.19. The third-order valence-corrected chi connectivity index (χ3v) is 6.76. The molecule has 6 nitrogen and oxygen atoms in total. The van der Waals surface area contributed by atoms with Gasteiger partial charge in [0.15, 0.2) is 0 Å². The summed E-state index contributed by atoms with van der Waals surface area (Å²) in [5, 5.41) is 2.56. The number of nitrogens with zero attached hydrogens (tertiary/aromatic N) is 1. The van der Waals surface area contributed by atoms with Crippen LogP contribution in [0, 0.1) is 0 Å². The summed E-state index contributed by atoms with van der Waals surface area (Å²) in [7, 11) is -2.64. The van der Waals surface area contributed by atoms with Crippen molar-refractivity contribution in [2.45, 2.75) is 30.6 Å². The Morgan fingerprint density at radius 1 is 1.22 bits per heavy atom. The third kappa shape index (κ3) is 5.94. The van der Waals surface area contributed by atoms with Gasteiger partial charge in [0.1, 0.15) is 9.96 Å². The molecule has 0 unspecified atom stereocenters. The molecule has 0 radical (unpaired) electrons. The minimum atomic E-state index is -4.88. The number of hydrogen-bond donors (Lipinski definition) is 1. The number of nitrogens with one attached hydrogen (secondary N) is 1. The topological polar surface area (TPSA) is 75.7 Å². The SMILES string of the molecule is CC(=O)NCc1ccc(S(=O)(=O)N(C)Cc2ccccc2OC(F)(F)F)s1. The zero-order valence-electron chi connectivity index (χ0n) is 14.4. The fourth-order valence-electron chi connectivity index (χ4n) is 2.14. The van der Waals surface area contributed by atoms with Gasteiger partial charge in [-0.3, -0.25) is 4.79 Å². The molecule has 2 rings (SSSR count). The van der Waals surface area contributed by atoms with Gasteiger partial charge in [-0.05, 0) is 18.2 Å². The average molecular weight is 422 g/mol. The largest absolute Gasteiger partial charge is 0.573 e. The third-order valence-electron chi connectivity index (χ3n) is 3.40. The van der Waals surface area contributed by atoms with E-state index in [1.807, 2.05) is 0 Å². The molecule has 11 heteroatoms. The van der Waals surface area contributed by atoms with Crippen LogP contribution in [0.4, 0.5) is 13.2 Å². The Hall–Kier alpha value is -2.11. The Labute approximate surface area is 158 Å². The van der Waals surface area contributed by atoms with Crippen LogP contribution in [0.1, 0.15) is 17.4 Å². The fraction of sp³-hybridized carbons (Fsp3) is 0.312. The highest BCUT2D eigenvalue weighted by molar-refractivity contribution is 7.91. The minimum Gasteiger partial charge on any atom is -0.405 e. The number of sulfonamides is 1. The zero-order valence-corrected chi connectivity index (χ0v) is 16.0. The van der Waals surface area contributed by atoms with Gasteiger partial charge in [-0.1, -0.05) is 18.2 Å². The molecular formula is C16H17F3N2O4S2. The van der Waals surface area contributed by atoms with E-state index in [2.05, 4.69) is 10.1 Å². The van der Waals surface area contributed by atoms with E-state index in [1.165, 1.54) is 38.2 Å². The fourth-order valence-corrected chi connectivity index (χ4v) is 4.80. The molecule has 0 spiro atoms. The molecule has 148 valence electrons. The Balaban J connectivity index is 2.18. The van der Waals surface area contributed by atoms with E-state index >= 15 is 0 Å². The van der Waals surface area contributed by atoms with Crippen LogP contribution in [0.5, 0.6) is 5.75 Å². The zero-order chi connectivity index (χ0) is 20.2. The van der Waals surface area contributed by atoms with Crippen LogP contribution in [0.15, 0.2) is 40.6 Å². The predicted molar refractivity (Wildman–Crippen MR) is 93.6 cm³/mol. The average Bonchev–Trinajstić information content (AvgIpc) is 3.03. The number of halogens is 3. The second-order valence-corrected chi connectivity index (χ2v) is 8.99.